The van der Waals surface area contributed by atoms with Crippen LogP contribution in [-0.4, -0.2) is 4.98 Å². The van der Waals surface area contributed by atoms with Crippen LogP contribution >= 0.6 is 15.9 Å². The van der Waals surface area contributed by atoms with E-state index in [1.54, 1.807) is 30.5 Å². The lowest BCUT2D eigenvalue weighted by atomic mass is 10.1. The zero-order valence-electron chi connectivity index (χ0n) is 10.3. The monoisotopic (exact) mass is 332 g/mol. The van der Waals surface area contributed by atoms with E-state index in [4.69, 9.17) is 10.5 Å². The summed E-state index contributed by atoms with van der Waals surface area (Å²) in [7, 11) is 0. The molecule has 3 rings (SSSR count). The molecule has 0 amide bonds. The summed E-state index contributed by atoms with van der Waals surface area (Å²) in [6, 6.07) is 11.5. The lowest BCUT2D eigenvalue weighted by Gasteiger charge is -2.10. The molecule has 0 aliphatic heterocycles. The minimum Gasteiger partial charge on any atom is -0.455 e. The minimum absolute atomic E-state index is 0.373. The Morgan fingerprint density at radius 2 is 2.00 bits per heavy atom. The molecule has 100 valence electrons. The molecule has 1 heterocycles. The van der Waals surface area contributed by atoms with E-state index in [9.17, 15) is 4.39 Å². The van der Waals surface area contributed by atoms with E-state index in [2.05, 4.69) is 20.9 Å². The van der Waals surface area contributed by atoms with E-state index >= 15 is 0 Å². The number of ether oxygens (including phenoxy) is 1. The number of nitrogens with zero attached hydrogens (tertiary/aromatic N) is 1. The fourth-order valence-corrected chi connectivity index (χ4v) is 2.41. The fourth-order valence-electron chi connectivity index (χ4n) is 1.97. The largest absolute Gasteiger partial charge is 0.455 e. The maximum Gasteiger partial charge on any atom is 0.153 e. The predicted octanol–water partition coefficient (Wildman–Crippen LogP) is 4.51. The van der Waals surface area contributed by atoms with Gasteiger partial charge in [0.15, 0.2) is 5.75 Å². The molecular formula is C15H10BrFN2O. The molecule has 0 aliphatic carbocycles. The van der Waals surface area contributed by atoms with Crippen LogP contribution < -0.4 is 10.5 Å². The van der Waals surface area contributed by atoms with Crippen molar-refractivity contribution in [3.8, 4) is 11.5 Å². The van der Waals surface area contributed by atoms with Gasteiger partial charge in [-0.25, -0.2) is 4.39 Å². The van der Waals surface area contributed by atoms with Gasteiger partial charge in [0.1, 0.15) is 17.1 Å². The van der Waals surface area contributed by atoms with Gasteiger partial charge in [-0.3, -0.25) is 4.98 Å². The molecule has 0 aliphatic rings. The Morgan fingerprint density at radius 1 is 1.15 bits per heavy atom. The van der Waals surface area contributed by atoms with Gasteiger partial charge < -0.3 is 10.5 Å². The number of halogens is 2. The summed E-state index contributed by atoms with van der Waals surface area (Å²) in [6.07, 6.45) is 1.66. The molecule has 1 aromatic heterocycles. The van der Waals surface area contributed by atoms with Gasteiger partial charge in [-0.1, -0.05) is 15.9 Å². The fraction of sp³-hybridized carbons (Fsp3) is 0. The van der Waals surface area contributed by atoms with Crippen LogP contribution in [0.25, 0.3) is 10.9 Å². The number of pyridine rings is 1. The third-order valence-electron chi connectivity index (χ3n) is 2.83. The number of aromatic nitrogens is 1. The van der Waals surface area contributed by atoms with E-state index < -0.39 is 0 Å². The van der Waals surface area contributed by atoms with Crippen molar-refractivity contribution in [2.24, 2.45) is 0 Å². The van der Waals surface area contributed by atoms with Crippen molar-refractivity contribution >= 4 is 32.5 Å². The molecule has 3 nitrogen and oxygen atoms in total. The van der Waals surface area contributed by atoms with Crippen molar-refractivity contribution in [2.45, 2.75) is 0 Å². The Labute approximate surface area is 123 Å². The molecule has 0 saturated carbocycles. The topological polar surface area (TPSA) is 48.1 Å². The highest BCUT2D eigenvalue weighted by atomic mass is 79.9. The molecule has 5 heteroatoms. The Balaban J connectivity index is 2.09. The normalized spacial score (nSPS) is 10.7. The smallest absolute Gasteiger partial charge is 0.153 e. The average molecular weight is 333 g/mol. The lowest BCUT2D eigenvalue weighted by Crippen LogP contribution is -1.92. The molecular weight excluding hydrogens is 323 g/mol. The third-order valence-corrected chi connectivity index (χ3v) is 3.29. The number of hydrogen-bond acceptors (Lipinski definition) is 3. The molecule has 0 saturated heterocycles. The van der Waals surface area contributed by atoms with Crippen LogP contribution in [0.3, 0.4) is 0 Å². The van der Waals surface area contributed by atoms with Crippen LogP contribution in [0, 0.1) is 5.82 Å². The van der Waals surface area contributed by atoms with Crippen LogP contribution in [0.2, 0.25) is 0 Å². The summed E-state index contributed by atoms with van der Waals surface area (Å²) in [5.74, 6) is 0.558. The van der Waals surface area contributed by atoms with Crippen LogP contribution in [0.5, 0.6) is 11.5 Å². The number of anilines is 1. The molecule has 20 heavy (non-hydrogen) atoms. The van der Waals surface area contributed by atoms with Gasteiger partial charge in [0.05, 0.1) is 0 Å². The second-order valence-electron chi connectivity index (χ2n) is 4.26. The van der Waals surface area contributed by atoms with Gasteiger partial charge in [-0.15, -0.1) is 0 Å². The van der Waals surface area contributed by atoms with Crippen LogP contribution in [-0.2, 0) is 0 Å². The van der Waals surface area contributed by atoms with Gasteiger partial charge in [0.25, 0.3) is 0 Å². The molecule has 0 atom stereocenters. The maximum absolute atomic E-state index is 13.4. The summed E-state index contributed by atoms with van der Waals surface area (Å²) in [6.45, 7) is 0. The SMILES string of the molecule is Nc1ccc(Oc2cc(F)cc(Br)c2)c2ncccc12. The van der Waals surface area contributed by atoms with E-state index in [1.807, 2.05) is 6.07 Å². The molecule has 0 bridgehead atoms. The summed E-state index contributed by atoms with van der Waals surface area (Å²) in [4.78, 5) is 4.27. The van der Waals surface area contributed by atoms with Crippen LogP contribution in [0.1, 0.15) is 0 Å². The first kappa shape index (κ1) is 12.9. The first-order valence-electron chi connectivity index (χ1n) is 5.90. The van der Waals surface area contributed by atoms with Gasteiger partial charge in [-0.05, 0) is 36.4 Å². The van der Waals surface area contributed by atoms with Crippen molar-refractivity contribution in [1.82, 2.24) is 4.98 Å². The van der Waals surface area contributed by atoms with E-state index in [0.29, 0.717) is 27.2 Å². The van der Waals surface area contributed by atoms with Gasteiger partial charge >= 0.3 is 0 Å². The number of nitrogens with two attached hydrogens (primary N) is 1. The highest BCUT2D eigenvalue weighted by molar-refractivity contribution is 9.10. The molecule has 2 aromatic carbocycles. The maximum atomic E-state index is 13.4. The Morgan fingerprint density at radius 3 is 2.80 bits per heavy atom. The van der Waals surface area contributed by atoms with E-state index in [-0.39, 0.29) is 5.82 Å². The zero-order chi connectivity index (χ0) is 14.1. The molecule has 2 N–H and O–H groups in total. The van der Waals surface area contributed by atoms with Gasteiger partial charge in [0.2, 0.25) is 0 Å². The first-order chi connectivity index (χ1) is 9.63. The van der Waals surface area contributed by atoms with Crippen LogP contribution in [0.4, 0.5) is 10.1 Å². The second kappa shape index (κ2) is 5.09. The highest BCUT2D eigenvalue weighted by Crippen LogP contribution is 2.32. The standard InChI is InChI=1S/C15H10BrFN2O/c16-9-6-10(17)8-11(7-9)20-14-4-3-13(18)12-2-1-5-19-15(12)14/h1-8H,18H2. The van der Waals surface area contributed by atoms with Crippen molar-refractivity contribution in [2.75, 3.05) is 5.73 Å². The Hall–Kier alpha value is -2.14. The number of rotatable bonds is 2. The molecule has 0 fully saturated rings. The number of benzene rings is 2. The van der Waals surface area contributed by atoms with Crippen molar-refractivity contribution in [1.29, 1.82) is 0 Å². The first-order valence-corrected chi connectivity index (χ1v) is 6.70. The van der Waals surface area contributed by atoms with Crippen LogP contribution in [0.15, 0.2) is 53.1 Å². The van der Waals surface area contributed by atoms with Crippen molar-refractivity contribution < 1.29 is 9.13 Å². The highest BCUT2D eigenvalue weighted by Gasteiger charge is 2.08. The summed E-state index contributed by atoms with van der Waals surface area (Å²) in [5.41, 5.74) is 7.18. The van der Waals surface area contributed by atoms with E-state index in [1.165, 1.54) is 12.1 Å². The van der Waals surface area contributed by atoms with E-state index in [0.717, 1.165) is 5.39 Å². The molecule has 0 unspecified atom stereocenters. The summed E-state index contributed by atoms with van der Waals surface area (Å²) in [5, 5.41) is 0.806. The molecule has 3 aromatic rings. The van der Waals surface area contributed by atoms with Gasteiger partial charge in [0, 0.05) is 27.8 Å². The molecule has 0 radical (unpaired) electrons. The second-order valence-corrected chi connectivity index (χ2v) is 5.18. The van der Waals surface area contributed by atoms with Gasteiger partial charge in [-0.2, -0.15) is 0 Å². The van der Waals surface area contributed by atoms with Crippen molar-refractivity contribution in [3.05, 3.63) is 59.0 Å². The summed E-state index contributed by atoms with van der Waals surface area (Å²) < 4.78 is 19.7. The number of nitrogen functional groups attached to an aromatic ring is 1. The molecule has 0 spiro atoms. The third kappa shape index (κ3) is 2.44. The van der Waals surface area contributed by atoms with Crippen molar-refractivity contribution in [3.63, 3.8) is 0 Å². The average Bonchev–Trinajstić information content (AvgIpc) is 2.41. The Bertz CT molecular complexity index is 772. The zero-order valence-corrected chi connectivity index (χ0v) is 11.9. The minimum atomic E-state index is -0.373. The summed E-state index contributed by atoms with van der Waals surface area (Å²) >= 11 is 3.23. The predicted molar refractivity (Wildman–Crippen MR) is 80.3 cm³/mol. The number of hydrogen-bond donors (Lipinski definition) is 1. The Kier molecular flexibility index (Phi) is 3.28. The number of fused-ring (bicyclic) bond motifs is 1. The lowest BCUT2D eigenvalue weighted by molar-refractivity contribution is 0.480. The quantitative estimate of drug-likeness (QED) is 0.702.